The Kier molecular flexibility index (Phi) is 5.75. The van der Waals surface area contributed by atoms with Gasteiger partial charge in [0.2, 0.25) is 5.91 Å². The van der Waals surface area contributed by atoms with Gasteiger partial charge in [0, 0.05) is 13.0 Å². The molecule has 0 atom stereocenters. The number of para-hydroxylation sites is 2. The molecule has 2 rings (SSSR count). The highest BCUT2D eigenvalue weighted by Gasteiger charge is 2.08. The predicted molar refractivity (Wildman–Crippen MR) is 84.8 cm³/mol. The van der Waals surface area contributed by atoms with E-state index in [4.69, 9.17) is 10.7 Å². The highest BCUT2D eigenvalue weighted by molar-refractivity contribution is 5.75. The van der Waals surface area contributed by atoms with Crippen LogP contribution in [0, 0.1) is 0 Å². The summed E-state index contributed by atoms with van der Waals surface area (Å²) >= 11 is 0. The minimum atomic E-state index is -0.222. The molecule has 114 valence electrons. The van der Waals surface area contributed by atoms with Crippen molar-refractivity contribution >= 4 is 16.9 Å². The molecule has 1 aromatic heterocycles. The Morgan fingerprint density at radius 3 is 2.90 bits per heavy atom. The zero-order chi connectivity index (χ0) is 15.1. The van der Waals surface area contributed by atoms with Crippen LogP contribution >= 0.6 is 0 Å². The lowest BCUT2D eigenvalue weighted by molar-refractivity contribution is -0.118. The minimum Gasteiger partial charge on any atom is -0.370 e. The van der Waals surface area contributed by atoms with Gasteiger partial charge in [0.05, 0.1) is 17.6 Å². The fourth-order valence-corrected chi connectivity index (χ4v) is 2.48. The number of nitrogens with zero attached hydrogens (tertiary/aromatic N) is 2. The lowest BCUT2D eigenvalue weighted by Gasteiger charge is -2.08. The standard InChI is InChI=1S/C16H24N4O/c1-2-11-20-14-8-4-3-7-13(14)19-16(20)12-18-10-6-5-9-15(17)21/h3-4,7-8,18H,2,5-6,9-12H2,1H3,(H2,17,21). The largest absolute Gasteiger partial charge is 0.370 e. The number of nitrogens with two attached hydrogens (primary N) is 1. The van der Waals surface area contributed by atoms with Gasteiger partial charge in [0.15, 0.2) is 0 Å². The van der Waals surface area contributed by atoms with E-state index >= 15 is 0 Å². The molecule has 0 aliphatic heterocycles. The van der Waals surface area contributed by atoms with Gasteiger partial charge in [0.1, 0.15) is 5.82 Å². The molecule has 0 saturated carbocycles. The Balaban J connectivity index is 1.91. The summed E-state index contributed by atoms with van der Waals surface area (Å²) in [6.07, 6.45) is 3.35. The van der Waals surface area contributed by atoms with E-state index in [1.54, 1.807) is 0 Å². The van der Waals surface area contributed by atoms with Gasteiger partial charge in [-0.1, -0.05) is 19.1 Å². The van der Waals surface area contributed by atoms with Crippen molar-refractivity contribution in [3.05, 3.63) is 30.1 Å². The lowest BCUT2D eigenvalue weighted by atomic mass is 10.2. The maximum absolute atomic E-state index is 10.7. The number of primary amides is 1. The third-order valence-corrected chi connectivity index (χ3v) is 3.49. The van der Waals surface area contributed by atoms with E-state index in [9.17, 15) is 4.79 Å². The second-order valence-corrected chi connectivity index (χ2v) is 5.27. The SMILES string of the molecule is CCCn1c(CNCCCCC(N)=O)nc2ccccc21. The lowest BCUT2D eigenvalue weighted by Crippen LogP contribution is -2.19. The first kappa shape index (κ1) is 15.5. The van der Waals surface area contributed by atoms with Crippen molar-refractivity contribution in [1.82, 2.24) is 14.9 Å². The number of aromatic nitrogens is 2. The molecular weight excluding hydrogens is 264 g/mol. The molecule has 21 heavy (non-hydrogen) atoms. The van der Waals surface area contributed by atoms with Gasteiger partial charge in [-0.2, -0.15) is 0 Å². The monoisotopic (exact) mass is 288 g/mol. The Hall–Kier alpha value is -1.88. The molecule has 2 aromatic rings. The Morgan fingerprint density at radius 2 is 2.14 bits per heavy atom. The molecule has 3 N–H and O–H groups in total. The third kappa shape index (κ3) is 4.29. The number of rotatable bonds is 9. The van der Waals surface area contributed by atoms with E-state index < -0.39 is 0 Å². The fraction of sp³-hybridized carbons (Fsp3) is 0.500. The van der Waals surface area contributed by atoms with Crippen LogP contribution in [0.1, 0.15) is 38.4 Å². The number of nitrogens with one attached hydrogen (secondary N) is 1. The van der Waals surface area contributed by atoms with Crippen molar-refractivity contribution in [1.29, 1.82) is 0 Å². The molecule has 0 radical (unpaired) electrons. The molecule has 1 amide bonds. The van der Waals surface area contributed by atoms with E-state index in [1.165, 1.54) is 5.52 Å². The highest BCUT2D eigenvalue weighted by Crippen LogP contribution is 2.16. The van der Waals surface area contributed by atoms with Crippen molar-refractivity contribution in [2.45, 2.75) is 45.7 Å². The second-order valence-electron chi connectivity index (χ2n) is 5.27. The van der Waals surface area contributed by atoms with Crippen LogP contribution in [0.15, 0.2) is 24.3 Å². The topological polar surface area (TPSA) is 72.9 Å². The number of aryl methyl sites for hydroxylation is 1. The van der Waals surface area contributed by atoms with E-state index in [0.717, 1.165) is 50.2 Å². The fourth-order valence-electron chi connectivity index (χ4n) is 2.48. The quantitative estimate of drug-likeness (QED) is 0.695. The number of hydrogen-bond acceptors (Lipinski definition) is 3. The smallest absolute Gasteiger partial charge is 0.217 e. The zero-order valence-corrected chi connectivity index (χ0v) is 12.6. The number of hydrogen-bond donors (Lipinski definition) is 2. The predicted octanol–water partition coefficient (Wildman–Crippen LogP) is 2.19. The molecule has 1 heterocycles. The number of carbonyl (C=O) groups is 1. The van der Waals surface area contributed by atoms with E-state index in [2.05, 4.69) is 35.0 Å². The van der Waals surface area contributed by atoms with Crippen molar-refractivity contribution in [2.24, 2.45) is 5.73 Å². The van der Waals surface area contributed by atoms with Crippen LogP contribution in [0.25, 0.3) is 11.0 Å². The maximum atomic E-state index is 10.7. The summed E-state index contributed by atoms with van der Waals surface area (Å²) in [6.45, 7) is 4.79. The molecule has 0 aliphatic rings. The summed E-state index contributed by atoms with van der Waals surface area (Å²) in [5.74, 6) is 0.854. The first-order valence-corrected chi connectivity index (χ1v) is 7.65. The Morgan fingerprint density at radius 1 is 1.33 bits per heavy atom. The first-order valence-electron chi connectivity index (χ1n) is 7.65. The van der Waals surface area contributed by atoms with Gasteiger partial charge in [0.25, 0.3) is 0 Å². The van der Waals surface area contributed by atoms with Gasteiger partial charge < -0.3 is 15.6 Å². The molecule has 0 fully saturated rings. The molecule has 0 unspecified atom stereocenters. The molecule has 5 nitrogen and oxygen atoms in total. The molecule has 0 bridgehead atoms. The highest BCUT2D eigenvalue weighted by atomic mass is 16.1. The number of imidazole rings is 1. The summed E-state index contributed by atoms with van der Waals surface area (Å²) < 4.78 is 2.28. The summed E-state index contributed by atoms with van der Waals surface area (Å²) in [4.78, 5) is 15.4. The van der Waals surface area contributed by atoms with Crippen LogP contribution in [-0.4, -0.2) is 22.0 Å². The molecule has 1 aromatic carbocycles. The number of benzene rings is 1. The van der Waals surface area contributed by atoms with Crippen molar-refractivity contribution in [3.8, 4) is 0 Å². The number of carbonyl (C=O) groups excluding carboxylic acids is 1. The van der Waals surface area contributed by atoms with Gasteiger partial charge in [-0.25, -0.2) is 4.98 Å². The summed E-state index contributed by atoms with van der Waals surface area (Å²) in [6, 6.07) is 8.25. The van der Waals surface area contributed by atoms with E-state index in [0.29, 0.717) is 6.42 Å². The van der Waals surface area contributed by atoms with Gasteiger partial charge >= 0.3 is 0 Å². The average Bonchev–Trinajstić information content (AvgIpc) is 2.81. The van der Waals surface area contributed by atoms with Crippen LogP contribution in [-0.2, 0) is 17.9 Å². The number of fused-ring (bicyclic) bond motifs is 1. The normalized spacial score (nSPS) is 11.1. The molecule has 0 saturated heterocycles. The average molecular weight is 288 g/mol. The van der Waals surface area contributed by atoms with Gasteiger partial charge in [-0.15, -0.1) is 0 Å². The molecular formula is C16H24N4O. The van der Waals surface area contributed by atoms with Gasteiger partial charge in [-0.05, 0) is 37.9 Å². The summed E-state index contributed by atoms with van der Waals surface area (Å²) in [7, 11) is 0. The first-order chi connectivity index (χ1) is 10.2. The number of amides is 1. The maximum Gasteiger partial charge on any atom is 0.217 e. The van der Waals surface area contributed by atoms with E-state index in [1.807, 2.05) is 6.07 Å². The Labute approximate surface area is 125 Å². The molecule has 5 heteroatoms. The van der Waals surface area contributed by atoms with Crippen LogP contribution in [0.3, 0.4) is 0 Å². The second kappa shape index (κ2) is 7.78. The zero-order valence-electron chi connectivity index (χ0n) is 12.6. The third-order valence-electron chi connectivity index (χ3n) is 3.49. The summed E-state index contributed by atoms with van der Waals surface area (Å²) in [5, 5.41) is 3.40. The molecule has 0 spiro atoms. The molecule has 0 aliphatic carbocycles. The van der Waals surface area contributed by atoms with Gasteiger partial charge in [-0.3, -0.25) is 4.79 Å². The van der Waals surface area contributed by atoms with Crippen LogP contribution in [0.2, 0.25) is 0 Å². The van der Waals surface area contributed by atoms with Crippen molar-refractivity contribution in [2.75, 3.05) is 6.54 Å². The van der Waals surface area contributed by atoms with Crippen LogP contribution in [0.4, 0.5) is 0 Å². The van der Waals surface area contributed by atoms with E-state index in [-0.39, 0.29) is 5.91 Å². The van der Waals surface area contributed by atoms with Crippen LogP contribution < -0.4 is 11.1 Å². The van der Waals surface area contributed by atoms with Crippen molar-refractivity contribution < 1.29 is 4.79 Å². The minimum absolute atomic E-state index is 0.222. The number of unbranched alkanes of at least 4 members (excludes halogenated alkanes) is 1. The summed E-state index contributed by atoms with van der Waals surface area (Å²) in [5.41, 5.74) is 7.37. The van der Waals surface area contributed by atoms with Crippen LogP contribution in [0.5, 0.6) is 0 Å². The Bertz CT molecular complexity index is 591. The van der Waals surface area contributed by atoms with Crippen molar-refractivity contribution in [3.63, 3.8) is 0 Å².